The van der Waals surface area contributed by atoms with E-state index >= 15 is 0 Å². The van der Waals surface area contributed by atoms with Crippen LogP contribution in [0.25, 0.3) is 5.57 Å². The Labute approximate surface area is 184 Å². The van der Waals surface area contributed by atoms with Crippen LogP contribution in [0, 0.1) is 0 Å². The zero-order chi connectivity index (χ0) is 22.0. The minimum atomic E-state index is -0.461. The van der Waals surface area contributed by atoms with E-state index in [9.17, 15) is 9.59 Å². The Bertz CT molecular complexity index is 1030. The normalized spacial score (nSPS) is 13.7. The smallest absolute Gasteiger partial charge is 0.278 e. The van der Waals surface area contributed by atoms with Crippen LogP contribution in [0.1, 0.15) is 12.5 Å². The Hall–Kier alpha value is -2.90. The van der Waals surface area contributed by atoms with Crippen LogP contribution in [0.4, 0.5) is 5.69 Å². The zero-order valence-electron chi connectivity index (χ0n) is 16.8. The third-order valence-electron chi connectivity index (χ3n) is 4.62. The molecule has 0 unspecified atom stereocenters. The predicted molar refractivity (Wildman–Crippen MR) is 115 cm³/mol. The van der Waals surface area contributed by atoms with Crippen molar-refractivity contribution in [2.24, 2.45) is 0 Å². The number of ether oxygens (including phenoxy) is 3. The summed E-state index contributed by atoms with van der Waals surface area (Å²) >= 11 is 12.3. The van der Waals surface area contributed by atoms with Crippen molar-refractivity contribution in [3.05, 3.63) is 51.6 Å². The van der Waals surface area contributed by atoms with Crippen LogP contribution in [0.15, 0.2) is 36.0 Å². The first kappa shape index (κ1) is 21.8. The van der Waals surface area contributed by atoms with Crippen molar-refractivity contribution in [3.8, 4) is 17.2 Å². The SMILES string of the molecule is CCN1C(=O)C(Nc2cc(OC)c(OC)c(OC)c2)=C(c2ccc(Cl)cc2Cl)C1=O. The van der Waals surface area contributed by atoms with Gasteiger partial charge in [-0.3, -0.25) is 14.5 Å². The quantitative estimate of drug-likeness (QED) is 0.635. The van der Waals surface area contributed by atoms with E-state index in [1.165, 1.54) is 27.4 Å². The van der Waals surface area contributed by atoms with Crippen LogP contribution in [0.3, 0.4) is 0 Å². The number of methoxy groups -OCH3 is 3. The lowest BCUT2D eigenvalue weighted by Gasteiger charge is -2.16. The first-order valence-electron chi connectivity index (χ1n) is 8.99. The van der Waals surface area contributed by atoms with Crippen LogP contribution in [-0.2, 0) is 9.59 Å². The molecule has 1 heterocycles. The Morgan fingerprint density at radius 1 is 0.933 bits per heavy atom. The first-order valence-corrected chi connectivity index (χ1v) is 9.74. The van der Waals surface area contributed by atoms with Crippen molar-refractivity contribution in [2.75, 3.05) is 33.2 Å². The minimum Gasteiger partial charge on any atom is -0.493 e. The number of anilines is 1. The van der Waals surface area contributed by atoms with E-state index in [-0.39, 0.29) is 22.8 Å². The van der Waals surface area contributed by atoms with Gasteiger partial charge in [-0.1, -0.05) is 29.3 Å². The molecule has 2 aromatic rings. The Morgan fingerprint density at radius 2 is 1.57 bits per heavy atom. The van der Waals surface area contributed by atoms with Gasteiger partial charge >= 0.3 is 0 Å². The van der Waals surface area contributed by atoms with Gasteiger partial charge in [0.1, 0.15) is 5.70 Å². The summed E-state index contributed by atoms with van der Waals surface area (Å²) in [7, 11) is 4.47. The predicted octanol–water partition coefficient (Wildman–Crippen LogP) is 4.23. The molecule has 3 rings (SSSR count). The lowest BCUT2D eigenvalue weighted by atomic mass is 10.0. The van der Waals surface area contributed by atoms with Gasteiger partial charge in [-0.25, -0.2) is 0 Å². The average Bonchev–Trinajstić information content (AvgIpc) is 2.96. The minimum absolute atomic E-state index is 0.0975. The van der Waals surface area contributed by atoms with Gasteiger partial charge in [-0.15, -0.1) is 0 Å². The Balaban J connectivity index is 2.16. The van der Waals surface area contributed by atoms with Crippen molar-refractivity contribution in [1.29, 1.82) is 0 Å². The number of halogens is 2. The maximum atomic E-state index is 13.0. The number of likely N-dealkylation sites (N-methyl/N-ethyl adjacent to an activating group) is 1. The number of amides is 2. The second kappa shape index (κ2) is 8.85. The van der Waals surface area contributed by atoms with Gasteiger partial charge in [0.25, 0.3) is 11.8 Å². The lowest BCUT2D eigenvalue weighted by molar-refractivity contribution is -0.136. The maximum Gasteiger partial charge on any atom is 0.278 e. The molecule has 2 amide bonds. The topological polar surface area (TPSA) is 77.1 Å². The molecule has 0 saturated heterocycles. The van der Waals surface area contributed by atoms with Crippen molar-refractivity contribution < 1.29 is 23.8 Å². The largest absolute Gasteiger partial charge is 0.493 e. The maximum absolute atomic E-state index is 13.0. The molecule has 1 N–H and O–H groups in total. The molecule has 1 aliphatic heterocycles. The van der Waals surface area contributed by atoms with E-state index in [2.05, 4.69) is 5.32 Å². The highest BCUT2D eigenvalue weighted by molar-refractivity contribution is 6.41. The number of carbonyl (C=O) groups is 2. The summed E-state index contributed by atoms with van der Waals surface area (Å²) in [6.45, 7) is 1.94. The van der Waals surface area contributed by atoms with E-state index < -0.39 is 11.8 Å². The van der Waals surface area contributed by atoms with E-state index in [0.717, 1.165) is 4.90 Å². The van der Waals surface area contributed by atoms with Crippen LogP contribution >= 0.6 is 23.2 Å². The molecule has 1 aliphatic rings. The van der Waals surface area contributed by atoms with Crippen molar-refractivity contribution in [3.63, 3.8) is 0 Å². The molecule has 0 radical (unpaired) electrons. The molecule has 158 valence electrons. The van der Waals surface area contributed by atoms with Gasteiger partial charge < -0.3 is 19.5 Å². The van der Waals surface area contributed by atoms with Crippen LogP contribution in [0.5, 0.6) is 17.2 Å². The Morgan fingerprint density at radius 3 is 2.07 bits per heavy atom. The number of rotatable bonds is 7. The van der Waals surface area contributed by atoms with Crippen LogP contribution in [0.2, 0.25) is 10.0 Å². The highest BCUT2D eigenvalue weighted by Gasteiger charge is 2.39. The number of nitrogens with zero attached hydrogens (tertiary/aromatic N) is 1. The molecule has 7 nitrogen and oxygen atoms in total. The molecule has 0 aromatic heterocycles. The third-order valence-corrected chi connectivity index (χ3v) is 5.17. The lowest BCUT2D eigenvalue weighted by Crippen LogP contribution is -2.32. The summed E-state index contributed by atoms with van der Waals surface area (Å²) in [5.41, 5.74) is 1.14. The molecule has 0 bridgehead atoms. The fourth-order valence-electron chi connectivity index (χ4n) is 3.22. The molecule has 9 heteroatoms. The fraction of sp³-hybridized carbons (Fsp3) is 0.238. The van der Waals surface area contributed by atoms with Gasteiger partial charge in [-0.2, -0.15) is 0 Å². The second-order valence-corrected chi connectivity index (χ2v) is 7.11. The summed E-state index contributed by atoms with van der Waals surface area (Å²) in [5.74, 6) is 0.300. The molecule has 30 heavy (non-hydrogen) atoms. The van der Waals surface area contributed by atoms with Crippen LogP contribution < -0.4 is 19.5 Å². The number of carbonyl (C=O) groups excluding carboxylic acids is 2. The molecule has 0 fully saturated rings. The van der Waals surface area contributed by atoms with Crippen molar-refractivity contribution >= 4 is 46.3 Å². The summed E-state index contributed by atoms with van der Waals surface area (Å²) in [6.07, 6.45) is 0. The zero-order valence-corrected chi connectivity index (χ0v) is 18.4. The number of nitrogens with one attached hydrogen (secondary N) is 1. The highest BCUT2D eigenvalue weighted by Crippen LogP contribution is 2.41. The van der Waals surface area contributed by atoms with E-state index in [1.54, 1.807) is 31.2 Å². The molecule has 0 atom stereocenters. The second-order valence-electron chi connectivity index (χ2n) is 6.27. The first-order chi connectivity index (χ1) is 14.4. The van der Waals surface area contributed by atoms with Gasteiger partial charge in [0, 0.05) is 35.0 Å². The summed E-state index contributed by atoms with van der Waals surface area (Å²) in [4.78, 5) is 27.1. The summed E-state index contributed by atoms with van der Waals surface area (Å²) < 4.78 is 16.0. The highest BCUT2D eigenvalue weighted by atomic mass is 35.5. The third kappa shape index (κ3) is 3.78. The fourth-order valence-corrected chi connectivity index (χ4v) is 3.72. The number of imide groups is 1. The Kier molecular flexibility index (Phi) is 6.43. The number of hydrogen-bond acceptors (Lipinski definition) is 6. The average molecular weight is 451 g/mol. The summed E-state index contributed by atoms with van der Waals surface area (Å²) in [6, 6.07) is 8.03. The molecule has 0 saturated carbocycles. The van der Waals surface area contributed by atoms with Gasteiger partial charge in [-0.05, 0) is 19.1 Å². The van der Waals surface area contributed by atoms with E-state index in [4.69, 9.17) is 37.4 Å². The van der Waals surface area contributed by atoms with Crippen molar-refractivity contribution in [2.45, 2.75) is 6.92 Å². The van der Waals surface area contributed by atoms with Crippen molar-refractivity contribution in [1.82, 2.24) is 4.90 Å². The molecular formula is C21H20Cl2N2O5. The van der Waals surface area contributed by atoms with E-state index in [1.807, 2.05) is 0 Å². The van der Waals surface area contributed by atoms with Gasteiger partial charge in [0.15, 0.2) is 11.5 Å². The monoisotopic (exact) mass is 450 g/mol. The molecule has 0 spiro atoms. The summed E-state index contributed by atoms with van der Waals surface area (Å²) in [5, 5.41) is 3.73. The van der Waals surface area contributed by atoms with Gasteiger partial charge in [0.05, 0.1) is 31.9 Å². The number of benzene rings is 2. The number of hydrogen-bond donors (Lipinski definition) is 1. The molecular weight excluding hydrogens is 431 g/mol. The molecule has 2 aromatic carbocycles. The molecule has 0 aliphatic carbocycles. The van der Waals surface area contributed by atoms with E-state index in [0.29, 0.717) is 33.5 Å². The van der Waals surface area contributed by atoms with Gasteiger partial charge in [0.2, 0.25) is 5.75 Å². The standard InChI is InChI=1S/C21H20Cl2N2O5/c1-5-25-20(26)17(13-7-6-11(22)8-14(13)23)18(21(25)27)24-12-9-15(28-2)19(30-4)16(10-12)29-3/h6-10,24H,5H2,1-4H3. The van der Waals surface area contributed by atoms with Crippen LogP contribution in [-0.4, -0.2) is 44.6 Å².